The van der Waals surface area contributed by atoms with Gasteiger partial charge in [-0.1, -0.05) is 18.2 Å². The van der Waals surface area contributed by atoms with Gasteiger partial charge in [0, 0.05) is 69.7 Å². The average Bonchev–Trinajstić information content (AvgIpc) is 3.49. The molecule has 4 aliphatic rings. The number of H-pyrrole nitrogens is 1. The molecule has 12 heteroatoms. The molecule has 3 amide bonds. The Morgan fingerprint density at radius 2 is 1.89 bits per heavy atom. The van der Waals surface area contributed by atoms with Crippen LogP contribution in [-0.4, -0.2) is 89.1 Å². The molecule has 4 bridgehead atoms. The van der Waals surface area contributed by atoms with E-state index < -0.39 is 23.9 Å². The summed E-state index contributed by atoms with van der Waals surface area (Å²) < 4.78 is 17.6. The number of pyridine rings is 1. The highest BCUT2D eigenvalue weighted by atomic mass is 16.6. The first kappa shape index (κ1) is 29.6. The Balaban J connectivity index is 1.25. The molecule has 0 saturated carbocycles. The normalized spacial score (nSPS) is 24.3. The van der Waals surface area contributed by atoms with Gasteiger partial charge in [-0.2, -0.15) is 5.10 Å². The number of hydrogen-bond donors (Lipinski definition) is 2. The molecule has 1 saturated heterocycles. The zero-order valence-electron chi connectivity index (χ0n) is 25.1. The van der Waals surface area contributed by atoms with Crippen LogP contribution < -0.4 is 5.32 Å². The Morgan fingerprint density at radius 1 is 1.05 bits per heavy atom. The monoisotopic (exact) mass is 602 g/mol. The quantitative estimate of drug-likeness (QED) is 0.436. The second-order valence-corrected chi connectivity index (χ2v) is 11.8. The molecule has 0 radical (unpaired) electrons. The fourth-order valence-electron chi connectivity index (χ4n) is 6.24. The SMILES string of the molecule is Cc1cc(C[C@H]2OC(=O)N3CCC4(CC3)OC(=O)Nc3ncc(cc34)/C=C\COCCCCCN(C)C2=O)cc2cn[nH]c12. The Morgan fingerprint density at radius 3 is 2.73 bits per heavy atom. The van der Waals surface area contributed by atoms with Crippen LogP contribution in [0.1, 0.15) is 54.4 Å². The number of nitrogens with zero attached hydrogens (tertiary/aromatic N) is 4. The summed E-state index contributed by atoms with van der Waals surface area (Å²) >= 11 is 0. The number of aromatic amines is 1. The molecule has 44 heavy (non-hydrogen) atoms. The predicted octanol–water partition coefficient (Wildman–Crippen LogP) is 4.54. The number of aromatic nitrogens is 3. The summed E-state index contributed by atoms with van der Waals surface area (Å²) in [4.78, 5) is 47.5. The summed E-state index contributed by atoms with van der Waals surface area (Å²) in [5.74, 6) is 0.214. The highest BCUT2D eigenvalue weighted by Gasteiger charge is 2.46. The van der Waals surface area contributed by atoms with Crippen LogP contribution in [0.5, 0.6) is 0 Å². The van der Waals surface area contributed by atoms with Crippen molar-refractivity contribution in [3.8, 4) is 0 Å². The van der Waals surface area contributed by atoms with Gasteiger partial charge in [0.05, 0.1) is 18.3 Å². The molecule has 2 aromatic heterocycles. The molecule has 3 aromatic rings. The number of amides is 3. The summed E-state index contributed by atoms with van der Waals surface area (Å²) in [7, 11) is 1.75. The maximum absolute atomic E-state index is 13.7. The van der Waals surface area contributed by atoms with Crippen LogP contribution in [0.25, 0.3) is 17.0 Å². The van der Waals surface area contributed by atoms with E-state index in [0.717, 1.165) is 52.4 Å². The number of fused-ring (bicyclic) bond motifs is 15. The van der Waals surface area contributed by atoms with Crippen molar-refractivity contribution in [1.82, 2.24) is 25.0 Å². The van der Waals surface area contributed by atoms with Crippen molar-refractivity contribution < 1.29 is 28.6 Å². The molecule has 1 fully saturated rings. The summed E-state index contributed by atoms with van der Waals surface area (Å²) in [6, 6.07) is 5.93. The molecule has 232 valence electrons. The van der Waals surface area contributed by atoms with Crippen molar-refractivity contribution in [2.75, 3.05) is 45.2 Å². The number of nitrogens with one attached hydrogen (secondary N) is 2. The lowest BCUT2D eigenvalue weighted by molar-refractivity contribution is -0.139. The number of anilines is 1. The van der Waals surface area contributed by atoms with Gasteiger partial charge < -0.3 is 24.0 Å². The van der Waals surface area contributed by atoms with Crippen molar-refractivity contribution in [2.45, 2.75) is 57.2 Å². The topological polar surface area (TPSA) is 139 Å². The number of aryl methyl sites for hydroxylation is 1. The minimum atomic E-state index is -1.00. The van der Waals surface area contributed by atoms with E-state index in [0.29, 0.717) is 38.4 Å². The third kappa shape index (κ3) is 6.26. The molecule has 1 aromatic carbocycles. The minimum absolute atomic E-state index is 0.237. The van der Waals surface area contributed by atoms with E-state index in [1.165, 1.54) is 0 Å². The number of ether oxygens (including phenoxy) is 3. The molecular formula is C32H38N6O6. The van der Waals surface area contributed by atoms with Gasteiger partial charge in [-0.15, -0.1) is 0 Å². The van der Waals surface area contributed by atoms with E-state index in [-0.39, 0.29) is 25.4 Å². The van der Waals surface area contributed by atoms with Crippen molar-refractivity contribution in [3.05, 3.63) is 58.9 Å². The van der Waals surface area contributed by atoms with Gasteiger partial charge in [0.25, 0.3) is 5.91 Å². The first-order chi connectivity index (χ1) is 21.3. The fourth-order valence-corrected chi connectivity index (χ4v) is 6.24. The van der Waals surface area contributed by atoms with Crippen LogP contribution in [-0.2, 0) is 31.0 Å². The van der Waals surface area contributed by atoms with Crippen LogP contribution in [0.4, 0.5) is 15.4 Å². The highest BCUT2D eigenvalue weighted by Crippen LogP contribution is 2.43. The maximum Gasteiger partial charge on any atom is 0.413 e. The lowest BCUT2D eigenvalue weighted by atomic mass is 9.83. The summed E-state index contributed by atoms with van der Waals surface area (Å²) in [6.45, 7) is 4.18. The number of carbonyl (C=O) groups excluding carboxylic acids is 3. The minimum Gasteiger partial charge on any atom is -0.437 e. The average molecular weight is 603 g/mol. The van der Waals surface area contributed by atoms with Crippen molar-refractivity contribution >= 4 is 40.9 Å². The lowest BCUT2D eigenvalue weighted by Gasteiger charge is -2.43. The van der Waals surface area contributed by atoms with E-state index in [9.17, 15) is 14.4 Å². The fraction of sp³-hybridized carbons (Fsp3) is 0.469. The number of piperidine rings is 1. The summed E-state index contributed by atoms with van der Waals surface area (Å²) in [5, 5.41) is 10.8. The molecule has 7 rings (SSSR count). The Kier molecular flexibility index (Phi) is 8.51. The predicted molar refractivity (Wildman–Crippen MR) is 163 cm³/mol. The third-order valence-electron chi connectivity index (χ3n) is 8.67. The van der Waals surface area contributed by atoms with Gasteiger partial charge in [0.2, 0.25) is 0 Å². The number of benzene rings is 1. The van der Waals surface area contributed by atoms with Crippen LogP contribution in [0, 0.1) is 6.92 Å². The molecule has 0 aliphatic carbocycles. The highest BCUT2D eigenvalue weighted by molar-refractivity contribution is 5.88. The Hall–Kier alpha value is -4.45. The van der Waals surface area contributed by atoms with Crippen LogP contribution in [0.3, 0.4) is 0 Å². The van der Waals surface area contributed by atoms with Crippen LogP contribution >= 0.6 is 0 Å². The standard InChI is InChI=1S/C32H38N6O6/c1-21-15-23(16-24-20-34-36-27(21)24)18-26-29(39)37(2)10-4-3-5-13-42-14-6-7-22-17-25-28(33-19-22)35-30(40)44-32(25)8-11-38(12-9-32)31(41)43-26/h6-7,15-17,19-20,26H,3-5,8-14,18H2,1-2H3,(H,34,36)(H,33,35,40)/b7-6-/t26-/m1/s1. The van der Waals surface area contributed by atoms with E-state index in [4.69, 9.17) is 14.2 Å². The van der Waals surface area contributed by atoms with Gasteiger partial charge in [0.15, 0.2) is 6.10 Å². The molecule has 6 heterocycles. The van der Waals surface area contributed by atoms with E-state index in [2.05, 4.69) is 20.5 Å². The first-order valence-corrected chi connectivity index (χ1v) is 15.2. The summed E-state index contributed by atoms with van der Waals surface area (Å²) in [5.41, 5.74) is 3.54. The molecular weight excluding hydrogens is 564 g/mol. The second-order valence-electron chi connectivity index (χ2n) is 11.8. The number of carbonyl (C=O) groups is 3. The van der Waals surface area contributed by atoms with Crippen molar-refractivity contribution in [2.24, 2.45) is 0 Å². The van der Waals surface area contributed by atoms with E-state index in [1.807, 2.05) is 37.3 Å². The molecule has 1 spiro atoms. The number of rotatable bonds is 2. The van der Waals surface area contributed by atoms with E-state index >= 15 is 0 Å². The molecule has 2 N–H and O–H groups in total. The van der Waals surface area contributed by atoms with Gasteiger partial charge in [0.1, 0.15) is 11.4 Å². The molecule has 1 atom stereocenters. The smallest absolute Gasteiger partial charge is 0.413 e. The largest absolute Gasteiger partial charge is 0.437 e. The first-order valence-electron chi connectivity index (χ1n) is 15.2. The Labute approximate surface area is 255 Å². The molecule has 4 aliphatic heterocycles. The zero-order chi connectivity index (χ0) is 30.7. The van der Waals surface area contributed by atoms with Gasteiger partial charge in [-0.05, 0) is 55.0 Å². The lowest BCUT2D eigenvalue weighted by Crippen LogP contribution is -2.51. The van der Waals surface area contributed by atoms with Crippen molar-refractivity contribution in [1.29, 1.82) is 0 Å². The van der Waals surface area contributed by atoms with Gasteiger partial charge in [-0.3, -0.25) is 15.2 Å². The van der Waals surface area contributed by atoms with Gasteiger partial charge in [-0.25, -0.2) is 14.6 Å². The molecule has 0 unspecified atom stereocenters. The van der Waals surface area contributed by atoms with Crippen LogP contribution in [0.15, 0.2) is 36.7 Å². The van der Waals surface area contributed by atoms with Gasteiger partial charge >= 0.3 is 12.2 Å². The number of likely N-dealkylation sites (N-methyl/N-ethyl adjacent to an activating group) is 1. The van der Waals surface area contributed by atoms with E-state index in [1.54, 1.807) is 29.2 Å². The molecule has 12 nitrogen and oxygen atoms in total. The third-order valence-corrected chi connectivity index (χ3v) is 8.67. The second kappa shape index (κ2) is 12.7. The number of hydrogen-bond acceptors (Lipinski definition) is 8. The zero-order valence-corrected chi connectivity index (χ0v) is 25.1. The summed E-state index contributed by atoms with van der Waals surface area (Å²) in [6.07, 6.45) is 8.76. The maximum atomic E-state index is 13.7. The Bertz CT molecular complexity index is 1580. The van der Waals surface area contributed by atoms with Crippen LogP contribution in [0.2, 0.25) is 0 Å². The van der Waals surface area contributed by atoms with Crippen molar-refractivity contribution in [3.63, 3.8) is 0 Å².